The Kier molecular flexibility index (Phi) is 5.05. The largest absolute Gasteiger partial charge is 0.508 e. The number of phenols is 1. The van der Waals surface area contributed by atoms with Crippen molar-refractivity contribution in [3.8, 4) is 5.75 Å². The predicted octanol–water partition coefficient (Wildman–Crippen LogP) is -1.11. The number of allylic oxidation sites excluding steroid dienone is 1. The van der Waals surface area contributed by atoms with Crippen LogP contribution in [0.4, 0.5) is 0 Å². The maximum Gasteiger partial charge on any atom is 0.336 e. The summed E-state index contributed by atoms with van der Waals surface area (Å²) >= 11 is 0. The second-order valence-electron chi connectivity index (χ2n) is 5.79. The number of rotatable bonds is 4. The minimum atomic E-state index is -2.70. The van der Waals surface area contributed by atoms with Gasteiger partial charge in [0, 0.05) is 6.42 Å². The molecule has 24 heavy (non-hydrogen) atoms. The molecule has 0 aliphatic heterocycles. The Labute approximate surface area is 136 Å². The molecule has 1 aliphatic carbocycles. The smallest absolute Gasteiger partial charge is 0.336 e. The number of benzene rings is 1. The van der Waals surface area contributed by atoms with Crippen LogP contribution in [0.1, 0.15) is 12.0 Å². The van der Waals surface area contributed by atoms with Crippen LogP contribution in [0.5, 0.6) is 5.75 Å². The number of phenolic OH excluding ortho intramolecular Hbond substituents is 1. The molecule has 5 atom stereocenters. The van der Waals surface area contributed by atoms with Gasteiger partial charge in [0.05, 0.1) is 18.1 Å². The maximum absolute atomic E-state index is 12.3. The molecule has 8 nitrogen and oxygen atoms in total. The Bertz CT molecular complexity index is 653. The molecular weight excluding hydrogens is 320 g/mol. The third-order valence-electron chi connectivity index (χ3n) is 4.13. The molecule has 130 valence electrons. The monoisotopic (exact) mass is 338 g/mol. The van der Waals surface area contributed by atoms with Crippen LogP contribution in [-0.2, 0) is 9.59 Å². The van der Waals surface area contributed by atoms with Crippen molar-refractivity contribution in [3.05, 3.63) is 35.9 Å². The van der Waals surface area contributed by atoms with Gasteiger partial charge in [-0.1, -0.05) is 18.2 Å². The van der Waals surface area contributed by atoms with E-state index in [1.54, 1.807) is 0 Å². The van der Waals surface area contributed by atoms with Gasteiger partial charge >= 0.3 is 5.97 Å². The summed E-state index contributed by atoms with van der Waals surface area (Å²) in [7, 11) is 0. The summed E-state index contributed by atoms with van der Waals surface area (Å²) in [6, 6.07) is 5.76. The first-order chi connectivity index (χ1) is 11.2. The molecule has 0 aromatic heterocycles. The normalized spacial score (nSPS) is 33.5. The third-order valence-corrected chi connectivity index (χ3v) is 4.13. The minimum Gasteiger partial charge on any atom is -0.508 e. The number of aliphatic hydroxyl groups excluding tert-OH is 3. The van der Waals surface area contributed by atoms with Crippen LogP contribution in [0.3, 0.4) is 0 Å². The molecule has 0 bridgehead atoms. The lowest BCUT2D eigenvalue weighted by Gasteiger charge is -2.43. The number of carboxylic acid groups (broad SMARTS) is 1. The highest BCUT2D eigenvalue weighted by atomic mass is 16.4. The van der Waals surface area contributed by atoms with Crippen LogP contribution >= 0.6 is 0 Å². The number of hydrogen-bond donors (Lipinski definition) is 6. The molecule has 8 heteroatoms. The van der Waals surface area contributed by atoms with E-state index in [4.69, 9.17) is 0 Å². The van der Waals surface area contributed by atoms with Gasteiger partial charge in [-0.05, 0) is 23.8 Å². The van der Waals surface area contributed by atoms with Gasteiger partial charge in [-0.2, -0.15) is 0 Å². The molecule has 1 fully saturated rings. The highest BCUT2D eigenvalue weighted by Crippen LogP contribution is 2.36. The van der Waals surface area contributed by atoms with Gasteiger partial charge in [-0.15, -0.1) is 0 Å². The molecule has 1 aromatic rings. The van der Waals surface area contributed by atoms with Gasteiger partial charge in [0.25, 0.3) is 0 Å². The lowest BCUT2D eigenvalue weighted by atomic mass is 9.69. The Hall–Kier alpha value is -2.26. The highest BCUT2D eigenvalue weighted by Gasteiger charge is 2.58. The van der Waals surface area contributed by atoms with Crippen LogP contribution < -0.4 is 0 Å². The first kappa shape index (κ1) is 18.1. The van der Waals surface area contributed by atoms with E-state index in [0.29, 0.717) is 5.56 Å². The van der Waals surface area contributed by atoms with Crippen molar-refractivity contribution >= 4 is 17.8 Å². The summed E-state index contributed by atoms with van der Waals surface area (Å²) in [4.78, 5) is 23.7. The average molecular weight is 338 g/mol. The summed E-state index contributed by atoms with van der Waals surface area (Å²) in [6.45, 7) is 0. The number of ketones is 1. The van der Waals surface area contributed by atoms with Crippen molar-refractivity contribution in [1.82, 2.24) is 0 Å². The number of carbonyl (C=O) groups is 2. The molecule has 1 saturated carbocycles. The molecule has 0 amide bonds. The van der Waals surface area contributed by atoms with Crippen molar-refractivity contribution in [2.45, 2.75) is 30.3 Å². The van der Waals surface area contributed by atoms with Crippen LogP contribution in [0.15, 0.2) is 30.3 Å². The number of aromatic hydroxyl groups is 1. The van der Waals surface area contributed by atoms with Crippen molar-refractivity contribution in [3.63, 3.8) is 0 Å². The first-order valence-electron chi connectivity index (χ1n) is 7.17. The lowest BCUT2D eigenvalue weighted by molar-refractivity contribution is -0.207. The van der Waals surface area contributed by atoms with Gasteiger partial charge < -0.3 is 30.6 Å². The Morgan fingerprint density at radius 2 is 1.67 bits per heavy atom. The van der Waals surface area contributed by atoms with Crippen LogP contribution in [0, 0.1) is 5.92 Å². The van der Waals surface area contributed by atoms with Gasteiger partial charge in [0.1, 0.15) is 11.9 Å². The van der Waals surface area contributed by atoms with E-state index in [-0.39, 0.29) is 5.75 Å². The second-order valence-corrected chi connectivity index (χ2v) is 5.79. The Morgan fingerprint density at radius 1 is 1.08 bits per heavy atom. The van der Waals surface area contributed by atoms with E-state index >= 15 is 0 Å². The number of carboxylic acids is 1. The molecule has 1 aliphatic rings. The zero-order valence-electron chi connectivity index (χ0n) is 12.5. The molecule has 0 saturated heterocycles. The molecule has 0 spiro atoms. The van der Waals surface area contributed by atoms with Gasteiger partial charge in [-0.25, -0.2) is 4.79 Å². The Morgan fingerprint density at radius 3 is 2.21 bits per heavy atom. The van der Waals surface area contributed by atoms with E-state index in [2.05, 4.69) is 0 Å². The molecule has 2 rings (SSSR count). The minimum absolute atomic E-state index is 0.0264. The Balaban J connectivity index is 2.29. The van der Waals surface area contributed by atoms with Crippen LogP contribution in [-0.4, -0.2) is 66.3 Å². The predicted molar refractivity (Wildman–Crippen MR) is 80.9 cm³/mol. The van der Waals surface area contributed by atoms with Crippen molar-refractivity contribution in [1.29, 1.82) is 0 Å². The summed E-state index contributed by atoms with van der Waals surface area (Å²) < 4.78 is 0. The molecule has 0 heterocycles. The quantitative estimate of drug-likeness (QED) is 0.378. The standard InChI is InChI=1S/C16H18O8/c17-9-4-1-8(2-5-9)3-6-10(18)12-14(21)13(20)11(19)7-16(12,24)15(22)23/h1-6,11-14,17,19-21,24H,7H2,(H,22,23). The molecule has 5 unspecified atom stereocenters. The summed E-state index contributed by atoms with van der Waals surface area (Å²) in [5, 5.41) is 57.9. The lowest BCUT2D eigenvalue weighted by Crippen LogP contribution is -2.64. The van der Waals surface area contributed by atoms with Gasteiger partial charge in [0.2, 0.25) is 0 Å². The van der Waals surface area contributed by atoms with Gasteiger partial charge in [-0.3, -0.25) is 4.79 Å². The van der Waals surface area contributed by atoms with Gasteiger partial charge in [0.15, 0.2) is 11.4 Å². The van der Waals surface area contributed by atoms with E-state index < -0.39 is 48.0 Å². The first-order valence-corrected chi connectivity index (χ1v) is 7.17. The molecule has 0 radical (unpaired) electrons. The number of hydrogen-bond acceptors (Lipinski definition) is 7. The fourth-order valence-electron chi connectivity index (χ4n) is 2.77. The molecular formula is C16H18O8. The van der Waals surface area contributed by atoms with Crippen LogP contribution in [0.2, 0.25) is 0 Å². The topological polar surface area (TPSA) is 156 Å². The van der Waals surface area contributed by atoms with Crippen molar-refractivity contribution < 1.29 is 40.2 Å². The summed E-state index contributed by atoms with van der Waals surface area (Å²) in [5.74, 6) is -4.49. The average Bonchev–Trinajstić information content (AvgIpc) is 2.52. The summed E-state index contributed by atoms with van der Waals surface area (Å²) in [6.07, 6.45) is -3.87. The second kappa shape index (κ2) is 6.70. The zero-order valence-corrected chi connectivity index (χ0v) is 12.5. The third kappa shape index (κ3) is 3.31. The van der Waals surface area contributed by atoms with E-state index in [0.717, 1.165) is 6.08 Å². The van der Waals surface area contributed by atoms with Crippen LogP contribution in [0.25, 0.3) is 6.08 Å². The summed E-state index contributed by atoms with van der Waals surface area (Å²) in [5.41, 5.74) is -2.18. The number of carbonyl (C=O) groups excluding carboxylic acids is 1. The highest BCUT2D eigenvalue weighted by molar-refractivity contribution is 6.00. The fraction of sp³-hybridized carbons (Fsp3) is 0.375. The zero-order chi connectivity index (χ0) is 18.1. The van der Waals surface area contributed by atoms with Crippen molar-refractivity contribution in [2.24, 2.45) is 5.92 Å². The van der Waals surface area contributed by atoms with E-state index in [9.17, 15) is 40.2 Å². The maximum atomic E-state index is 12.3. The van der Waals surface area contributed by atoms with Crippen molar-refractivity contribution in [2.75, 3.05) is 0 Å². The molecule has 1 aromatic carbocycles. The molecule has 6 N–H and O–H groups in total. The van der Waals surface area contributed by atoms with E-state index in [1.807, 2.05) is 0 Å². The SMILES string of the molecule is O=C(C=Cc1ccc(O)cc1)C1C(O)C(O)C(O)CC1(O)C(=O)O. The number of aliphatic hydroxyl groups is 4. The fourth-order valence-corrected chi connectivity index (χ4v) is 2.77. The number of aliphatic carboxylic acids is 1. The van der Waals surface area contributed by atoms with E-state index in [1.165, 1.54) is 30.3 Å².